The van der Waals surface area contributed by atoms with Crippen LogP contribution in [0.25, 0.3) is 33.4 Å². The van der Waals surface area contributed by atoms with E-state index in [1.807, 2.05) is 142 Å². The van der Waals surface area contributed by atoms with Gasteiger partial charge in [-0.3, -0.25) is 48.2 Å². The molecular formula is C96H133ClN12O16. The molecule has 14 atom stereocenters. The zero-order valence-corrected chi connectivity index (χ0v) is 76.0. The first kappa shape index (κ1) is 92.2. The number of ether oxygens (including phenoxy) is 5. The summed E-state index contributed by atoms with van der Waals surface area (Å²) in [6.45, 7) is 31.2. The van der Waals surface area contributed by atoms with E-state index < -0.39 is 81.7 Å². The summed E-state index contributed by atoms with van der Waals surface area (Å²) in [7, 11) is 0. The molecule has 10 unspecified atom stereocenters. The van der Waals surface area contributed by atoms with Crippen LogP contribution in [0.4, 0.5) is 11.6 Å². The van der Waals surface area contributed by atoms with Gasteiger partial charge in [-0.2, -0.15) is 0 Å². The predicted octanol–water partition coefficient (Wildman–Crippen LogP) is 14.9. The van der Waals surface area contributed by atoms with Crippen LogP contribution in [0, 0.1) is 69.0 Å². The van der Waals surface area contributed by atoms with E-state index in [4.69, 9.17) is 50.4 Å². The molecule has 2 aromatic carbocycles. The molecule has 10 aliphatic rings. The molecule has 0 spiro atoms. The standard InChI is InChI=1S/C48H66N6O8.C26H39NO7.C22H28ClN5O/c1-7-32-26-48(32,46(58)59)27-40(55)39-23-35(28-53(39)45(57)37(47(4,5)6)24-44(56)62-34-20-30-19-31(30)21-34)61-41-25-43(54-16-13-42(51-54)49-29(2)3)50-38-22-33(11-12-36(38)41)60-18-17-52-14-9-8-10-15-52;1-5-16-11-26(16,24(32)33)12-21(29)20-9-17(28)13-27(20)23(31)19(25(2,3)4)10-22(30)34-18-7-14-6-15(14)8-18;1-16(2)24-21-8-11-28(26-21)22-15-19(23)18-7-6-17(14-20(18)25-22)29-13-12-27-9-4-3-5-10-27/h11-13,16,22,25,29-32,34-35,37,39H,7-10,14-15,17-21,23-24,26-28H2,1-6H3,(H,49,51)(H,58,59);14-20,28H,5-13H2,1-4H3,(H,32,33);6-8,11,14-16H,3-5,9-10,12-13H2,1-2H3,(H,24,26)/t30?,31?,32?,34?,35-,37-,39?,48?;14?,15?,16?,17-,18?,19-,20?,26?;/m11./s1. The number of carbonyl (C=O) groups excluding carboxylic acids is 6. The molecule has 6 aromatic rings. The number of hydrogen-bond acceptors (Lipinski definition) is 22. The van der Waals surface area contributed by atoms with Gasteiger partial charge in [-0.05, 0) is 202 Å². The Morgan fingerprint density at radius 1 is 0.528 bits per heavy atom. The monoisotopic (exact) mass is 1740 g/mol. The molecule has 4 aliphatic heterocycles. The lowest BCUT2D eigenvalue weighted by atomic mass is 9.77. The summed E-state index contributed by atoms with van der Waals surface area (Å²) in [4.78, 5) is 124. The molecule has 680 valence electrons. The summed E-state index contributed by atoms with van der Waals surface area (Å²) >= 11 is 6.52. The number of aromatic nitrogens is 6. The molecule has 16 rings (SSSR count). The summed E-state index contributed by atoms with van der Waals surface area (Å²) in [5.74, 6) is 1.75. The van der Waals surface area contributed by atoms with Gasteiger partial charge < -0.3 is 59.4 Å². The fourth-order valence-electron chi connectivity index (χ4n) is 20.4. The van der Waals surface area contributed by atoms with Crippen molar-refractivity contribution >= 4 is 92.3 Å². The van der Waals surface area contributed by atoms with Gasteiger partial charge in [-0.25, -0.2) is 19.3 Å². The summed E-state index contributed by atoms with van der Waals surface area (Å²) in [6.07, 6.45) is 17.8. The molecular weight excluding hydrogens is 1610 g/mol. The SMILES string of the molecule is CC(C)Nc1ccn(-c2cc(Cl)c3ccc(OCCN4CCCCC4)cc3n2)n1.CCC1CC1(CC(=O)C1C[C@@H](O)CN1C(=O)[C@@H](CC(=O)OC1CC2CC2C1)C(C)(C)C)C(=O)O.CCC1CC1(CC(=O)C1C[C@@H](Oc2cc(-n3ccc(NC(C)C)n3)nc3cc(OCCN4CCCCC4)ccc23)CN1C(=O)[C@@H](CC(=O)OC1CC2CC2C1)C(C)(C)C)C(=O)O. The summed E-state index contributed by atoms with van der Waals surface area (Å²) in [5, 5.41) is 48.5. The Morgan fingerprint density at radius 3 is 1.38 bits per heavy atom. The van der Waals surface area contributed by atoms with Crippen molar-refractivity contribution in [2.24, 2.45) is 69.0 Å². The van der Waals surface area contributed by atoms with Gasteiger partial charge in [0.1, 0.15) is 60.4 Å². The molecule has 29 heteroatoms. The maximum absolute atomic E-state index is 14.9. The van der Waals surface area contributed by atoms with Crippen LogP contribution in [0.15, 0.2) is 73.1 Å². The van der Waals surface area contributed by atoms with E-state index in [-0.39, 0.29) is 105 Å². The molecule has 125 heavy (non-hydrogen) atoms. The number of benzene rings is 2. The molecule has 0 bridgehead atoms. The number of hydrogen-bond donors (Lipinski definition) is 5. The number of Topliss-reactive ketones (excluding diaryl/α,β-unsaturated/α-hetero) is 2. The third-order valence-electron chi connectivity index (χ3n) is 28.1. The first-order valence-electron chi connectivity index (χ1n) is 46.3. The van der Waals surface area contributed by atoms with E-state index in [1.54, 1.807) is 14.3 Å². The number of halogens is 1. The molecule has 0 radical (unpaired) electrons. The Kier molecular flexibility index (Phi) is 28.7. The van der Waals surface area contributed by atoms with Crippen molar-refractivity contribution in [3.05, 3.63) is 78.1 Å². The highest BCUT2D eigenvalue weighted by Crippen LogP contribution is 2.60. The highest BCUT2D eigenvalue weighted by Gasteiger charge is 2.63. The summed E-state index contributed by atoms with van der Waals surface area (Å²) in [5.41, 5.74) is -1.94. The number of likely N-dealkylation sites (tertiary alicyclic amines) is 4. The van der Waals surface area contributed by atoms with Crippen LogP contribution in [-0.4, -0.2) is 226 Å². The van der Waals surface area contributed by atoms with E-state index in [9.17, 15) is 53.7 Å². The van der Waals surface area contributed by atoms with E-state index in [1.165, 1.54) is 69.4 Å². The number of aliphatic hydroxyl groups excluding tert-OH is 1. The first-order valence-corrected chi connectivity index (χ1v) is 46.7. The average Bonchev–Trinajstić information content (AvgIpc) is 1.60. The number of anilines is 2. The number of pyridine rings is 2. The number of nitrogens with zero attached hydrogens (tertiary/aromatic N) is 10. The molecule has 4 aromatic heterocycles. The largest absolute Gasteiger partial charge is 0.492 e. The molecule has 5 N–H and O–H groups in total. The molecule has 2 amide bonds. The minimum Gasteiger partial charge on any atom is -0.492 e. The molecule has 6 saturated carbocycles. The minimum atomic E-state index is -1.13. The second-order valence-corrected chi connectivity index (χ2v) is 40.7. The molecule has 4 saturated heterocycles. The van der Waals surface area contributed by atoms with Crippen molar-refractivity contribution in [3.8, 4) is 28.9 Å². The molecule has 10 fully saturated rings. The van der Waals surface area contributed by atoms with Crippen LogP contribution in [0.5, 0.6) is 17.2 Å². The molecule has 8 heterocycles. The van der Waals surface area contributed by atoms with Crippen molar-refractivity contribution < 1.29 is 77.4 Å². The van der Waals surface area contributed by atoms with E-state index >= 15 is 0 Å². The lowest BCUT2D eigenvalue weighted by Gasteiger charge is -2.35. The Balaban J connectivity index is 0.000000169. The number of amides is 2. The number of fused-ring (bicyclic) bond motifs is 4. The van der Waals surface area contributed by atoms with Gasteiger partial charge in [0, 0.05) is 117 Å². The third kappa shape index (κ3) is 22.6. The number of β-amino-alcohol motifs (C(OH)–C–C–N with tert-alkyl or cyclic N) is 1. The quantitative estimate of drug-likeness (QED) is 0.0234. The van der Waals surface area contributed by atoms with Crippen LogP contribution < -0.4 is 24.8 Å². The van der Waals surface area contributed by atoms with Gasteiger partial charge in [0.25, 0.3) is 0 Å². The Bertz CT molecular complexity index is 4850. The van der Waals surface area contributed by atoms with Gasteiger partial charge in [0.15, 0.2) is 23.2 Å². The predicted molar refractivity (Wildman–Crippen MR) is 475 cm³/mol. The highest BCUT2D eigenvalue weighted by molar-refractivity contribution is 6.35. The number of aliphatic carboxylic acids is 2. The van der Waals surface area contributed by atoms with Crippen molar-refractivity contribution in [2.75, 3.05) is 76.2 Å². The maximum atomic E-state index is 14.9. The Morgan fingerprint density at radius 2 is 0.952 bits per heavy atom. The second kappa shape index (κ2) is 38.9. The van der Waals surface area contributed by atoms with Crippen LogP contribution in [0.2, 0.25) is 5.02 Å². The average molecular weight is 1750 g/mol. The van der Waals surface area contributed by atoms with Gasteiger partial charge in [-0.15, -0.1) is 10.2 Å². The Hall–Kier alpha value is -8.99. The van der Waals surface area contributed by atoms with Crippen molar-refractivity contribution in [3.63, 3.8) is 0 Å². The van der Waals surface area contributed by atoms with Crippen LogP contribution in [0.3, 0.4) is 0 Å². The van der Waals surface area contributed by atoms with Crippen LogP contribution in [0.1, 0.15) is 224 Å². The number of nitrogens with one attached hydrogen (secondary N) is 2. The van der Waals surface area contributed by atoms with Gasteiger partial charge >= 0.3 is 23.9 Å². The summed E-state index contributed by atoms with van der Waals surface area (Å²) in [6, 6.07) is 17.8. The minimum absolute atomic E-state index is 0.0140. The van der Waals surface area contributed by atoms with Crippen LogP contribution in [-0.2, 0) is 47.8 Å². The van der Waals surface area contributed by atoms with Crippen molar-refractivity contribution in [1.82, 2.24) is 49.1 Å². The number of ketones is 2. The smallest absolute Gasteiger partial charge is 0.310 e. The lowest BCUT2D eigenvalue weighted by Crippen LogP contribution is -2.48. The number of carbonyl (C=O) groups is 8. The van der Waals surface area contributed by atoms with E-state index in [2.05, 4.69) is 39.4 Å². The molecule has 28 nitrogen and oxygen atoms in total. The first-order chi connectivity index (χ1) is 59.5. The summed E-state index contributed by atoms with van der Waals surface area (Å²) < 4.78 is 34.1. The number of carboxylic acid groups (broad SMARTS) is 2. The zero-order valence-electron chi connectivity index (χ0n) is 75.3. The zero-order chi connectivity index (χ0) is 89.1. The number of piperidine rings is 2. The highest BCUT2D eigenvalue weighted by atomic mass is 35.5. The Labute approximate surface area is 740 Å². The second-order valence-electron chi connectivity index (χ2n) is 40.3. The number of carboxylic acids is 2. The fraction of sp³-hybridized carbons (Fsp3) is 0.667. The van der Waals surface area contributed by atoms with Crippen molar-refractivity contribution in [2.45, 2.75) is 273 Å². The van der Waals surface area contributed by atoms with E-state index in [0.717, 1.165) is 79.7 Å². The third-order valence-corrected chi connectivity index (χ3v) is 28.4. The van der Waals surface area contributed by atoms with Crippen molar-refractivity contribution in [1.29, 1.82) is 0 Å². The number of rotatable bonds is 34. The van der Waals surface area contributed by atoms with Gasteiger partial charge in [-0.1, -0.05) is 92.7 Å². The normalized spacial score (nSPS) is 27.3. The molecule has 6 aliphatic carbocycles. The number of aliphatic hydroxyl groups is 1. The van der Waals surface area contributed by atoms with Gasteiger partial charge in [0.2, 0.25) is 11.8 Å². The van der Waals surface area contributed by atoms with Gasteiger partial charge in [0.05, 0.1) is 76.3 Å². The number of esters is 2. The maximum Gasteiger partial charge on any atom is 0.310 e. The lowest BCUT2D eigenvalue weighted by molar-refractivity contribution is -0.157. The van der Waals surface area contributed by atoms with Crippen LogP contribution >= 0.6 is 11.6 Å². The topological polar surface area (TPSA) is 342 Å². The fourth-order valence-corrected chi connectivity index (χ4v) is 20.7. The van der Waals surface area contributed by atoms with E-state index in [0.29, 0.717) is 108 Å².